The van der Waals surface area contributed by atoms with E-state index in [0.29, 0.717) is 28.8 Å². The number of hydrogen-bond acceptors (Lipinski definition) is 4. The summed E-state index contributed by atoms with van der Waals surface area (Å²) >= 11 is 4.05. The monoisotopic (exact) mass is 288 g/mol. The van der Waals surface area contributed by atoms with E-state index in [0.717, 1.165) is 6.42 Å². The minimum Gasteiger partial charge on any atom is -0.475 e. The Kier molecular flexibility index (Phi) is 4.31. The van der Waals surface area contributed by atoms with Gasteiger partial charge in [0.1, 0.15) is 6.61 Å². The highest BCUT2D eigenvalue weighted by Gasteiger charge is 2.19. The summed E-state index contributed by atoms with van der Waals surface area (Å²) < 4.78 is 25.0. The maximum absolute atomic E-state index is 10.7. The van der Waals surface area contributed by atoms with Crippen LogP contribution in [0.15, 0.2) is 17.3 Å². The summed E-state index contributed by atoms with van der Waals surface area (Å²) in [5.74, 6) is 0.456. The van der Waals surface area contributed by atoms with Crippen LogP contribution in [0.1, 0.15) is 24.6 Å². The van der Waals surface area contributed by atoms with Gasteiger partial charge in [0.25, 0.3) is 0 Å². The molecule has 2 unspecified atom stereocenters. The summed E-state index contributed by atoms with van der Waals surface area (Å²) in [4.78, 5) is 8.46. The van der Waals surface area contributed by atoms with Crippen molar-refractivity contribution >= 4 is 28.6 Å². The van der Waals surface area contributed by atoms with E-state index < -0.39 is 11.1 Å². The smallest absolute Gasteiger partial charge is 0.218 e. The fraction of sp³-hybridized carbons (Fsp3) is 0.455. The molecule has 18 heavy (non-hydrogen) atoms. The summed E-state index contributed by atoms with van der Waals surface area (Å²) in [5.41, 5.74) is 1.09. The zero-order valence-electron chi connectivity index (χ0n) is 9.80. The maximum Gasteiger partial charge on any atom is 0.218 e. The second-order valence-electron chi connectivity index (χ2n) is 3.93. The van der Waals surface area contributed by atoms with Crippen molar-refractivity contribution in [3.05, 3.63) is 28.5 Å². The lowest BCUT2D eigenvalue weighted by Gasteiger charge is -2.04. The Bertz CT molecular complexity index is 507. The van der Waals surface area contributed by atoms with Gasteiger partial charge in [0.2, 0.25) is 5.90 Å². The molecule has 1 aromatic rings. The van der Waals surface area contributed by atoms with Gasteiger partial charge >= 0.3 is 0 Å². The molecule has 0 aromatic carbocycles. The van der Waals surface area contributed by atoms with Crippen LogP contribution in [0.2, 0.25) is 5.02 Å². The van der Waals surface area contributed by atoms with Crippen LogP contribution in [-0.2, 0) is 21.6 Å². The van der Waals surface area contributed by atoms with Gasteiger partial charge in [0.15, 0.2) is 11.1 Å². The van der Waals surface area contributed by atoms with Gasteiger partial charge in [0.05, 0.1) is 28.1 Å². The van der Waals surface area contributed by atoms with Crippen molar-refractivity contribution in [2.75, 3.05) is 6.61 Å². The second kappa shape index (κ2) is 5.77. The largest absolute Gasteiger partial charge is 0.475 e. The van der Waals surface area contributed by atoms with Gasteiger partial charge in [-0.2, -0.15) is 0 Å². The highest BCUT2D eigenvalue weighted by atomic mass is 35.5. The normalized spacial score (nSPS) is 20.4. The molecule has 0 saturated carbocycles. The molecule has 0 amide bonds. The van der Waals surface area contributed by atoms with Gasteiger partial charge in [-0.25, -0.2) is 9.20 Å². The van der Waals surface area contributed by atoms with Crippen molar-refractivity contribution in [3.8, 4) is 0 Å². The average molecular weight is 289 g/mol. The summed E-state index contributed by atoms with van der Waals surface area (Å²) in [6.45, 7) is 2.62. The van der Waals surface area contributed by atoms with E-state index >= 15 is 0 Å². The summed E-state index contributed by atoms with van der Waals surface area (Å²) in [5, 5.41) is 0.348. The molecule has 2 heterocycles. The van der Waals surface area contributed by atoms with Crippen LogP contribution < -0.4 is 0 Å². The molecule has 1 aliphatic rings. The quantitative estimate of drug-likeness (QED) is 0.860. The zero-order chi connectivity index (χ0) is 13.1. The molecular weight excluding hydrogens is 276 g/mol. The molecule has 7 heteroatoms. The number of aromatic nitrogens is 1. The Morgan fingerprint density at radius 1 is 1.67 bits per heavy atom. The molecule has 2 atom stereocenters. The van der Waals surface area contributed by atoms with Gasteiger partial charge in [-0.1, -0.05) is 18.5 Å². The molecule has 0 radical (unpaired) electrons. The van der Waals surface area contributed by atoms with E-state index in [9.17, 15) is 4.21 Å². The van der Waals surface area contributed by atoms with Crippen LogP contribution in [0.4, 0.5) is 0 Å². The van der Waals surface area contributed by atoms with Gasteiger partial charge in [0, 0.05) is 6.20 Å². The predicted octanol–water partition coefficient (Wildman–Crippen LogP) is 2.01. The fourth-order valence-electron chi connectivity index (χ4n) is 1.59. The molecule has 2 rings (SSSR count). The van der Waals surface area contributed by atoms with Crippen molar-refractivity contribution in [2.24, 2.45) is 4.99 Å². The molecule has 0 spiro atoms. The van der Waals surface area contributed by atoms with E-state index in [1.807, 2.05) is 6.92 Å². The third kappa shape index (κ3) is 3.07. The zero-order valence-corrected chi connectivity index (χ0v) is 11.4. The second-order valence-corrected chi connectivity index (χ2v) is 5.26. The molecule has 98 valence electrons. The number of rotatable bonds is 4. The molecule has 5 nitrogen and oxygen atoms in total. The van der Waals surface area contributed by atoms with Crippen molar-refractivity contribution < 1.29 is 13.5 Å². The summed E-state index contributed by atoms with van der Waals surface area (Å²) in [6, 6.07) is 1.84. The van der Waals surface area contributed by atoms with Crippen molar-refractivity contribution in [1.29, 1.82) is 0 Å². The highest BCUT2D eigenvalue weighted by molar-refractivity contribution is 7.78. The number of pyridine rings is 1. The first kappa shape index (κ1) is 13.5. The summed E-state index contributed by atoms with van der Waals surface area (Å²) in [6.07, 6.45) is 2.48. The van der Waals surface area contributed by atoms with Crippen LogP contribution in [-0.4, -0.2) is 32.3 Å². The molecule has 1 aliphatic heterocycles. The molecule has 0 aliphatic carbocycles. The molecule has 1 aromatic heterocycles. The van der Waals surface area contributed by atoms with Crippen LogP contribution >= 0.6 is 11.6 Å². The van der Waals surface area contributed by atoms with Gasteiger partial charge < -0.3 is 9.29 Å². The van der Waals surface area contributed by atoms with Crippen LogP contribution in [0.5, 0.6) is 0 Å². The fourth-order valence-corrected chi connectivity index (χ4v) is 2.37. The first-order valence-electron chi connectivity index (χ1n) is 5.53. The first-order chi connectivity index (χ1) is 8.60. The molecule has 0 bridgehead atoms. The highest BCUT2D eigenvalue weighted by Crippen LogP contribution is 2.20. The van der Waals surface area contributed by atoms with Gasteiger partial charge in [-0.3, -0.25) is 4.98 Å². The average Bonchev–Trinajstić information content (AvgIpc) is 2.80. The summed E-state index contributed by atoms with van der Waals surface area (Å²) in [7, 11) is 0. The Labute approximate surface area is 113 Å². The number of aliphatic imine (C=N–C) groups is 1. The Hall–Kier alpha value is -0.980. The predicted molar refractivity (Wildman–Crippen MR) is 70.3 cm³/mol. The standard InChI is InChI=1S/C11H13ClN2O3S/c1-2-8-5-17-11(14-8)7-3-9(12)10(13-4-7)6-18(15)16/h3-4,8H,2,5-6H2,1H3,(H,15,16). The van der Waals surface area contributed by atoms with Crippen molar-refractivity contribution in [1.82, 2.24) is 4.98 Å². The first-order valence-corrected chi connectivity index (χ1v) is 7.18. The van der Waals surface area contributed by atoms with E-state index in [-0.39, 0.29) is 11.8 Å². The minimum absolute atomic E-state index is 0.0793. The lowest BCUT2D eigenvalue weighted by atomic mass is 10.2. The van der Waals surface area contributed by atoms with Crippen molar-refractivity contribution in [2.45, 2.75) is 25.1 Å². The molecule has 0 saturated heterocycles. The molecule has 0 fully saturated rings. The lowest BCUT2D eigenvalue weighted by Crippen LogP contribution is -2.05. The van der Waals surface area contributed by atoms with E-state index in [1.54, 1.807) is 12.3 Å². The van der Waals surface area contributed by atoms with E-state index in [2.05, 4.69) is 9.98 Å². The van der Waals surface area contributed by atoms with Gasteiger partial charge in [-0.05, 0) is 12.5 Å². The van der Waals surface area contributed by atoms with Crippen LogP contribution in [0.25, 0.3) is 0 Å². The number of halogens is 1. The Morgan fingerprint density at radius 2 is 2.44 bits per heavy atom. The van der Waals surface area contributed by atoms with Crippen molar-refractivity contribution in [3.63, 3.8) is 0 Å². The lowest BCUT2D eigenvalue weighted by molar-refractivity contribution is 0.315. The number of hydrogen-bond donors (Lipinski definition) is 1. The number of ether oxygens (including phenoxy) is 1. The van der Waals surface area contributed by atoms with E-state index in [1.165, 1.54) is 0 Å². The van der Waals surface area contributed by atoms with Gasteiger partial charge in [-0.15, -0.1) is 0 Å². The molecule has 1 N–H and O–H groups in total. The van der Waals surface area contributed by atoms with Crippen LogP contribution in [0.3, 0.4) is 0 Å². The third-order valence-electron chi connectivity index (χ3n) is 2.61. The SMILES string of the molecule is CCC1COC(c2cnc(CS(=O)O)c(Cl)c2)=N1. The number of nitrogens with zero attached hydrogens (tertiary/aromatic N) is 2. The topological polar surface area (TPSA) is 71.8 Å². The Morgan fingerprint density at radius 3 is 3.00 bits per heavy atom. The Balaban J connectivity index is 2.21. The maximum atomic E-state index is 10.7. The van der Waals surface area contributed by atoms with E-state index in [4.69, 9.17) is 20.9 Å². The minimum atomic E-state index is -1.95. The molecular formula is C11H13ClN2O3S. The van der Waals surface area contributed by atoms with Crippen LogP contribution in [0, 0.1) is 0 Å². The third-order valence-corrected chi connectivity index (χ3v) is 3.46.